The summed E-state index contributed by atoms with van der Waals surface area (Å²) >= 11 is 0. The molecule has 2 N–H and O–H groups in total. The Bertz CT molecular complexity index is 581. The first-order valence-electron chi connectivity index (χ1n) is 8.55. The number of rotatable bonds is 2. The highest BCUT2D eigenvalue weighted by Crippen LogP contribution is 2.18. The second-order valence-corrected chi connectivity index (χ2v) is 6.70. The Morgan fingerprint density at radius 2 is 1.70 bits per heavy atom. The molecule has 3 amide bonds. The molecule has 0 unspecified atom stereocenters. The lowest BCUT2D eigenvalue weighted by Crippen LogP contribution is -2.54. The summed E-state index contributed by atoms with van der Waals surface area (Å²) in [5.74, 6) is 0.0581. The first-order chi connectivity index (χ1) is 11.0. The summed E-state index contributed by atoms with van der Waals surface area (Å²) in [7, 11) is 0. The summed E-state index contributed by atoms with van der Waals surface area (Å²) in [5, 5.41) is 3.12. The summed E-state index contributed by atoms with van der Waals surface area (Å²) in [6.07, 6.45) is 4.61. The van der Waals surface area contributed by atoms with E-state index in [1.807, 2.05) is 29.7 Å². The lowest BCUT2D eigenvalue weighted by molar-refractivity contribution is 0.0663. The summed E-state index contributed by atoms with van der Waals surface area (Å²) in [6, 6.07) is 2.27. The van der Waals surface area contributed by atoms with E-state index < -0.39 is 0 Å². The first kappa shape index (κ1) is 15.9. The standard InChI is InChI=1S/C17H26N4O2/c1-12-11-15(13(2)18-12)16(22)20-7-9-21(10-8-20)17(23)19-14-5-3-4-6-14/h11,14,18H,3-10H2,1-2H3,(H,19,23). The molecule has 0 bridgehead atoms. The Morgan fingerprint density at radius 1 is 1.09 bits per heavy atom. The summed E-state index contributed by atoms with van der Waals surface area (Å²) in [6.45, 7) is 6.28. The molecular formula is C17H26N4O2. The quantitative estimate of drug-likeness (QED) is 0.876. The van der Waals surface area contributed by atoms with Gasteiger partial charge in [-0.3, -0.25) is 4.79 Å². The maximum atomic E-state index is 12.6. The number of carbonyl (C=O) groups is 2. The van der Waals surface area contributed by atoms with Gasteiger partial charge in [-0.1, -0.05) is 12.8 Å². The maximum Gasteiger partial charge on any atom is 0.317 e. The van der Waals surface area contributed by atoms with Gasteiger partial charge < -0.3 is 20.1 Å². The molecule has 23 heavy (non-hydrogen) atoms. The number of nitrogens with zero attached hydrogens (tertiary/aromatic N) is 2. The number of amides is 3. The molecule has 2 aliphatic rings. The molecule has 0 atom stereocenters. The van der Waals surface area contributed by atoms with Crippen LogP contribution < -0.4 is 5.32 Å². The number of H-pyrrole nitrogens is 1. The average Bonchev–Trinajstić information content (AvgIpc) is 3.16. The minimum absolute atomic E-state index is 0.0256. The van der Waals surface area contributed by atoms with E-state index in [2.05, 4.69) is 10.3 Å². The second kappa shape index (κ2) is 6.64. The zero-order valence-corrected chi connectivity index (χ0v) is 14.0. The summed E-state index contributed by atoms with van der Waals surface area (Å²) in [5.41, 5.74) is 2.65. The highest BCUT2D eigenvalue weighted by atomic mass is 16.2. The molecule has 1 aromatic heterocycles. The molecule has 2 heterocycles. The fraction of sp³-hybridized carbons (Fsp3) is 0.647. The normalized spacial score (nSPS) is 19.2. The van der Waals surface area contributed by atoms with Gasteiger partial charge in [0.05, 0.1) is 5.56 Å². The molecule has 0 radical (unpaired) electrons. The van der Waals surface area contributed by atoms with Gasteiger partial charge in [0, 0.05) is 43.6 Å². The van der Waals surface area contributed by atoms with Gasteiger partial charge in [0.15, 0.2) is 0 Å². The lowest BCUT2D eigenvalue weighted by Gasteiger charge is -2.35. The van der Waals surface area contributed by atoms with E-state index in [1.165, 1.54) is 12.8 Å². The van der Waals surface area contributed by atoms with Crippen molar-refractivity contribution in [1.29, 1.82) is 0 Å². The number of urea groups is 1. The van der Waals surface area contributed by atoms with Gasteiger partial charge in [0.2, 0.25) is 0 Å². The molecule has 1 aromatic rings. The number of piperazine rings is 1. The zero-order chi connectivity index (χ0) is 16.4. The van der Waals surface area contributed by atoms with Crippen molar-refractivity contribution in [2.24, 2.45) is 0 Å². The zero-order valence-electron chi connectivity index (χ0n) is 14.0. The highest BCUT2D eigenvalue weighted by molar-refractivity contribution is 5.95. The lowest BCUT2D eigenvalue weighted by atomic mass is 10.2. The minimum Gasteiger partial charge on any atom is -0.362 e. The van der Waals surface area contributed by atoms with Crippen molar-refractivity contribution in [3.8, 4) is 0 Å². The van der Waals surface area contributed by atoms with Gasteiger partial charge >= 0.3 is 6.03 Å². The van der Waals surface area contributed by atoms with Crippen LogP contribution in [-0.2, 0) is 0 Å². The van der Waals surface area contributed by atoms with Crippen molar-refractivity contribution in [2.45, 2.75) is 45.6 Å². The smallest absolute Gasteiger partial charge is 0.317 e. The maximum absolute atomic E-state index is 12.6. The van der Waals surface area contributed by atoms with Gasteiger partial charge in [-0.2, -0.15) is 0 Å². The number of aromatic amines is 1. The van der Waals surface area contributed by atoms with Crippen LogP contribution in [-0.4, -0.2) is 58.9 Å². The number of aromatic nitrogens is 1. The Kier molecular flexibility index (Phi) is 4.59. The number of aryl methyl sites for hydroxylation is 2. The molecule has 1 aliphatic carbocycles. The fourth-order valence-corrected chi connectivity index (χ4v) is 3.57. The monoisotopic (exact) mass is 318 g/mol. The van der Waals surface area contributed by atoms with Crippen LogP contribution in [0.15, 0.2) is 6.07 Å². The van der Waals surface area contributed by atoms with Gasteiger partial charge in [-0.05, 0) is 32.8 Å². The van der Waals surface area contributed by atoms with Crippen molar-refractivity contribution < 1.29 is 9.59 Å². The molecule has 1 aliphatic heterocycles. The van der Waals surface area contributed by atoms with E-state index in [0.29, 0.717) is 32.2 Å². The molecule has 6 heteroatoms. The van der Waals surface area contributed by atoms with Crippen LogP contribution in [0.4, 0.5) is 4.79 Å². The van der Waals surface area contributed by atoms with E-state index in [-0.39, 0.29) is 11.9 Å². The van der Waals surface area contributed by atoms with Crippen LogP contribution in [0.2, 0.25) is 0 Å². The topological polar surface area (TPSA) is 68.4 Å². The van der Waals surface area contributed by atoms with Gasteiger partial charge in [0.25, 0.3) is 5.91 Å². The molecular weight excluding hydrogens is 292 g/mol. The molecule has 6 nitrogen and oxygen atoms in total. The number of hydrogen-bond acceptors (Lipinski definition) is 2. The molecule has 1 saturated carbocycles. The van der Waals surface area contributed by atoms with E-state index in [1.54, 1.807) is 0 Å². The van der Waals surface area contributed by atoms with Crippen molar-refractivity contribution in [1.82, 2.24) is 20.1 Å². The van der Waals surface area contributed by atoms with Gasteiger partial charge in [0.1, 0.15) is 0 Å². The number of nitrogens with one attached hydrogen (secondary N) is 2. The molecule has 1 saturated heterocycles. The van der Waals surface area contributed by atoms with Crippen molar-refractivity contribution in [3.63, 3.8) is 0 Å². The van der Waals surface area contributed by atoms with Crippen molar-refractivity contribution >= 4 is 11.9 Å². The third kappa shape index (κ3) is 3.51. The number of carbonyl (C=O) groups excluding carboxylic acids is 2. The molecule has 0 aromatic carbocycles. The van der Waals surface area contributed by atoms with Crippen LogP contribution >= 0.6 is 0 Å². The Hall–Kier alpha value is -1.98. The highest BCUT2D eigenvalue weighted by Gasteiger charge is 2.27. The SMILES string of the molecule is Cc1cc(C(=O)N2CCN(C(=O)NC3CCCC3)CC2)c(C)[nH]1. The molecule has 0 spiro atoms. The van der Waals surface area contributed by atoms with Crippen LogP contribution in [0, 0.1) is 13.8 Å². The third-order valence-electron chi connectivity index (χ3n) is 4.92. The Labute approximate surface area is 137 Å². The fourth-order valence-electron chi connectivity index (χ4n) is 3.57. The van der Waals surface area contributed by atoms with E-state index in [4.69, 9.17) is 0 Å². The second-order valence-electron chi connectivity index (χ2n) is 6.70. The number of hydrogen-bond donors (Lipinski definition) is 2. The van der Waals surface area contributed by atoms with Crippen molar-refractivity contribution in [2.75, 3.05) is 26.2 Å². The Balaban J connectivity index is 1.52. The largest absolute Gasteiger partial charge is 0.362 e. The van der Waals surface area contributed by atoms with Crippen LogP contribution in [0.5, 0.6) is 0 Å². The predicted octanol–water partition coefficient (Wildman–Crippen LogP) is 2.04. The van der Waals surface area contributed by atoms with Crippen LogP contribution in [0.1, 0.15) is 47.4 Å². The predicted molar refractivity (Wildman–Crippen MR) is 88.5 cm³/mol. The minimum atomic E-state index is 0.0256. The Morgan fingerprint density at radius 3 is 2.26 bits per heavy atom. The van der Waals surface area contributed by atoms with Crippen LogP contribution in [0.25, 0.3) is 0 Å². The van der Waals surface area contributed by atoms with Crippen LogP contribution in [0.3, 0.4) is 0 Å². The third-order valence-corrected chi connectivity index (χ3v) is 4.92. The molecule has 2 fully saturated rings. The molecule has 126 valence electrons. The van der Waals surface area contributed by atoms with E-state index in [9.17, 15) is 9.59 Å². The van der Waals surface area contributed by atoms with Crippen molar-refractivity contribution in [3.05, 3.63) is 23.0 Å². The first-order valence-corrected chi connectivity index (χ1v) is 8.55. The summed E-state index contributed by atoms with van der Waals surface area (Å²) < 4.78 is 0. The van der Waals surface area contributed by atoms with Gasteiger partial charge in [-0.15, -0.1) is 0 Å². The summed E-state index contributed by atoms with van der Waals surface area (Å²) in [4.78, 5) is 31.7. The van der Waals surface area contributed by atoms with Gasteiger partial charge in [-0.25, -0.2) is 4.79 Å². The van der Waals surface area contributed by atoms with E-state index >= 15 is 0 Å². The average molecular weight is 318 g/mol. The molecule has 3 rings (SSSR count). The van der Waals surface area contributed by atoms with E-state index in [0.717, 1.165) is 29.8 Å².